The summed E-state index contributed by atoms with van der Waals surface area (Å²) in [7, 11) is 0. The van der Waals surface area contributed by atoms with Gasteiger partial charge in [0.2, 0.25) is 11.7 Å². The summed E-state index contributed by atoms with van der Waals surface area (Å²) in [5.74, 6) is -0.417. The predicted octanol–water partition coefficient (Wildman–Crippen LogP) is 3.89. The fourth-order valence-electron chi connectivity index (χ4n) is 4.28. The van der Waals surface area contributed by atoms with Crippen LogP contribution in [-0.4, -0.2) is 52.8 Å². The second kappa shape index (κ2) is 11.9. The molecule has 4 rings (SSSR count). The number of alkyl carbamates (subject to hydrolysis) is 1. The normalized spacial score (nSPS) is 16.3. The Balaban J connectivity index is 1.44. The third kappa shape index (κ3) is 6.23. The molecule has 9 heteroatoms. The van der Waals surface area contributed by atoms with Gasteiger partial charge < -0.3 is 20.7 Å². The van der Waals surface area contributed by atoms with E-state index in [2.05, 4.69) is 10.3 Å². The molecule has 1 aliphatic heterocycles. The van der Waals surface area contributed by atoms with Crippen molar-refractivity contribution in [3.63, 3.8) is 0 Å². The first-order valence-electron chi connectivity index (χ1n) is 11.9. The Kier molecular flexibility index (Phi) is 8.44. The molecule has 0 radical (unpaired) electrons. The third-order valence-electron chi connectivity index (χ3n) is 6.09. The second-order valence-corrected chi connectivity index (χ2v) is 9.61. The van der Waals surface area contributed by atoms with Gasteiger partial charge in [-0.25, -0.2) is 9.78 Å². The Labute approximate surface area is 208 Å². The van der Waals surface area contributed by atoms with Crippen molar-refractivity contribution < 1.29 is 19.1 Å². The Morgan fingerprint density at radius 3 is 2.66 bits per heavy atom. The van der Waals surface area contributed by atoms with E-state index in [-0.39, 0.29) is 18.3 Å². The van der Waals surface area contributed by atoms with E-state index in [0.29, 0.717) is 37.4 Å². The highest BCUT2D eigenvalue weighted by Gasteiger charge is 2.39. The summed E-state index contributed by atoms with van der Waals surface area (Å²) in [6.45, 7) is 1.08. The molecule has 1 fully saturated rings. The molecule has 0 spiro atoms. The summed E-state index contributed by atoms with van der Waals surface area (Å²) in [5, 5.41) is 3.13. The molecule has 0 bridgehead atoms. The van der Waals surface area contributed by atoms with Crippen molar-refractivity contribution in [2.45, 2.75) is 50.8 Å². The van der Waals surface area contributed by atoms with E-state index in [9.17, 15) is 14.4 Å². The van der Waals surface area contributed by atoms with Crippen molar-refractivity contribution in [3.8, 4) is 0 Å². The standard InChI is InChI=1S/C26H30N4O4S/c27-15-7-6-12-20(29-26(33)34-17-18-9-2-1-3-10-18)25(32)30-16-8-13-21(30)23(31)24-28-19-11-4-5-14-22(19)35-24/h1-5,9-11,14,20-21H,6-8,12-13,15-17,27H2,(H,29,33)/t20-,21-/m0/s1. The van der Waals surface area contributed by atoms with Crippen LogP contribution in [0.25, 0.3) is 10.2 Å². The Morgan fingerprint density at radius 2 is 1.89 bits per heavy atom. The number of nitrogens with two attached hydrogens (primary N) is 1. The van der Waals surface area contributed by atoms with Gasteiger partial charge in [0.15, 0.2) is 5.01 Å². The molecule has 35 heavy (non-hydrogen) atoms. The molecule has 0 aliphatic carbocycles. The second-order valence-electron chi connectivity index (χ2n) is 8.58. The molecule has 1 aliphatic rings. The van der Waals surface area contributed by atoms with Gasteiger partial charge in [-0.3, -0.25) is 9.59 Å². The molecule has 0 saturated carbocycles. The van der Waals surface area contributed by atoms with Crippen molar-refractivity contribution in [1.82, 2.24) is 15.2 Å². The maximum absolute atomic E-state index is 13.5. The smallest absolute Gasteiger partial charge is 0.408 e. The van der Waals surface area contributed by atoms with Crippen molar-refractivity contribution in [2.24, 2.45) is 5.73 Å². The SMILES string of the molecule is NCCCC[C@H](NC(=O)OCc1ccccc1)C(=O)N1CCC[C@H]1C(=O)c1nc2ccccc2s1. The van der Waals surface area contributed by atoms with Gasteiger partial charge >= 0.3 is 6.09 Å². The number of para-hydroxylation sites is 1. The molecular weight excluding hydrogens is 464 g/mol. The van der Waals surface area contributed by atoms with Crippen molar-refractivity contribution in [1.29, 1.82) is 0 Å². The zero-order chi connectivity index (χ0) is 24.6. The number of carbonyl (C=O) groups is 3. The number of thiazole rings is 1. The van der Waals surface area contributed by atoms with Crippen LogP contribution in [0.5, 0.6) is 0 Å². The number of nitrogens with zero attached hydrogens (tertiary/aromatic N) is 2. The number of unbranched alkanes of at least 4 members (excludes halogenated alkanes) is 1. The van der Waals surface area contributed by atoms with Crippen LogP contribution in [0, 0.1) is 0 Å². The zero-order valence-corrected chi connectivity index (χ0v) is 20.3. The number of rotatable bonds is 10. The highest BCUT2D eigenvalue weighted by Crippen LogP contribution is 2.28. The lowest BCUT2D eigenvalue weighted by Gasteiger charge is -2.28. The number of carbonyl (C=O) groups excluding carboxylic acids is 3. The first-order chi connectivity index (χ1) is 17.1. The molecule has 2 aromatic carbocycles. The minimum absolute atomic E-state index is 0.110. The Bertz CT molecular complexity index is 1130. The first kappa shape index (κ1) is 24.8. The van der Waals surface area contributed by atoms with Crippen LogP contribution < -0.4 is 11.1 Å². The Hall–Kier alpha value is -3.30. The van der Waals surface area contributed by atoms with Crippen molar-refractivity contribution >= 4 is 39.3 Å². The van der Waals surface area contributed by atoms with Crippen LogP contribution in [0.4, 0.5) is 4.79 Å². The third-order valence-corrected chi connectivity index (χ3v) is 7.14. The topological polar surface area (TPSA) is 115 Å². The summed E-state index contributed by atoms with van der Waals surface area (Å²) in [6.07, 6.45) is 2.48. The molecule has 3 aromatic rings. The molecule has 2 amide bonds. The summed E-state index contributed by atoms with van der Waals surface area (Å²) in [5.41, 5.74) is 7.26. The largest absolute Gasteiger partial charge is 0.445 e. The van der Waals surface area contributed by atoms with Gasteiger partial charge in [-0.2, -0.15) is 0 Å². The van der Waals surface area contributed by atoms with E-state index in [4.69, 9.17) is 10.5 Å². The lowest BCUT2D eigenvalue weighted by molar-refractivity contribution is -0.133. The van der Waals surface area contributed by atoms with Crippen molar-refractivity contribution in [2.75, 3.05) is 13.1 Å². The van der Waals surface area contributed by atoms with Crippen molar-refractivity contribution in [3.05, 3.63) is 65.2 Å². The molecule has 1 aromatic heterocycles. The van der Waals surface area contributed by atoms with Crippen LogP contribution in [0.3, 0.4) is 0 Å². The van der Waals surface area contributed by atoms with Crippen LogP contribution in [-0.2, 0) is 16.1 Å². The summed E-state index contributed by atoms with van der Waals surface area (Å²) < 4.78 is 6.27. The van der Waals surface area contributed by atoms with E-state index < -0.39 is 18.2 Å². The molecule has 2 atom stereocenters. The number of likely N-dealkylation sites (tertiary alicyclic amines) is 1. The predicted molar refractivity (Wildman–Crippen MR) is 135 cm³/mol. The maximum Gasteiger partial charge on any atom is 0.408 e. The number of fused-ring (bicyclic) bond motifs is 1. The number of benzene rings is 2. The minimum Gasteiger partial charge on any atom is -0.445 e. The van der Waals surface area contributed by atoms with E-state index in [0.717, 1.165) is 28.6 Å². The highest BCUT2D eigenvalue weighted by atomic mass is 32.1. The monoisotopic (exact) mass is 494 g/mol. The van der Waals surface area contributed by atoms with Gasteiger partial charge in [0, 0.05) is 6.54 Å². The van der Waals surface area contributed by atoms with Crippen LogP contribution in [0.1, 0.15) is 47.5 Å². The van der Waals surface area contributed by atoms with Gasteiger partial charge in [0.05, 0.1) is 16.3 Å². The molecule has 0 unspecified atom stereocenters. The van der Waals surface area contributed by atoms with Gasteiger partial charge in [-0.1, -0.05) is 42.5 Å². The molecule has 2 heterocycles. The number of hydrogen-bond donors (Lipinski definition) is 2. The molecule has 3 N–H and O–H groups in total. The highest BCUT2D eigenvalue weighted by molar-refractivity contribution is 7.20. The van der Waals surface area contributed by atoms with Crippen LogP contribution in [0.15, 0.2) is 54.6 Å². The average molecular weight is 495 g/mol. The molecule has 8 nitrogen and oxygen atoms in total. The lowest BCUT2D eigenvalue weighted by atomic mass is 10.1. The maximum atomic E-state index is 13.5. The van der Waals surface area contributed by atoms with E-state index in [1.165, 1.54) is 11.3 Å². The summed E-state index contributed by atoms with van der Waals surface area (Å²) in [4.78, 5) is 45.4. The first-order valence-corrected chi connectivity index (χ1v) is 12.8. The number of amides is 2. The fraction of sp³-hybridized carbons (Fsp3) is 0.385. The fourth-order valence-corrected chi connectivity index (χ4v) is 5.23. The van der Waals surface area contributed by atoms with E-state index in [1.54, 1.807) is 4.90 Å². The number of ether oxygens (including phenoxy) is 1. The summed E-state index contributed by atoms with van der Waals surface area (Å²) in [6, 6.07) is 15.6. The zero-order valence-electron chi connectivity index (χ0n) is 19.5. The number of ketones is 1. The quantitative estimate of drug-likeness (QED) is 0.326. The minimum atomic E-state index is -0.784. The average Bonchev–Trinajstić information content (AvgIpc) is 3.54. The molecule has 1 saturated heterocycles. The van der Waals surface area contributed by atoms with Gasteiger partial charge in [-0.05, 0) is 56.3 Å². The van der Waals surface area contributed by atoms with Gasteiger partial charge in [0.25, 0.3) is 0 Å². The van der Waals surface area contributed by atoms with Crippen LogP contribution in [0.2, 0.25) is 0 Å². The van der Waals surface area contributed by atoms with Crippen LogP contribution >= 0.6 is 11.3 Å². The van der Waals surface area contributed by atoms with Gasteiger partial charge in [0.1, 0.15) is 12.6 Å². The number of nitrogens with one attached hydrogen (secondary N) is 1. The Morgan fingerprint density at radius 1 is 1.11 bits per heavy atom. The van der Waals surface area contributed by atoms with E-state index in [1.807, 2.05) is 54.6 Å². The van der Waals surface area contributed by atoms with E-state index >= 15 is 0 Å². The van der Waals surface area contributed by atoms with Gasteiger partial charge in [-0.15, -0.1) is 11.3 Å². The summed E-state index contributed by atoms with van der Waals surface area (Å²) >= 11 is 1.34. The lowest BCUT2D eigenvalue weighted by Crippen LogP contribution is -2.51. The number of Topliss-reactive ketones (excluding diaryl/α,β-unsaturated/α-hetero) is 1. The molecule has 184 valence electrons. The molecular formula is C26H30N4O4S. The number of aromatic nitrogens is 1. The number of hydrogen-bond acceptors (Lipinski definition) is 7.